The average molecular weight is 389 g/mol. The van der Waals surface area contributed by atoms with Crippen molar-refractivity contribution >= 4 is 11.8 Å². The lowest BCUT2D eigenvalue weighted by Crippen LogP contribution is -2.41. The number of carboxylic acids is 1. The minimum absolute atomic E-state index is 0.115. The Labute approximate surface area is 169 Å². The number of rotatable bonds is 6. The van der Waals surface area contributed by atoms with Crippen LogP contribution in [-0.4, -0.2) is 46.8 Å². The monoisotopic (exact) mass is 389 g/mol. The van der Waals surface area contributed by atoms with Crippen molar-refractivity contribution < 1.29 is 14.6 Å². The maximum atomic E-state index is 10.8. The van der Waals surface area contributed by atoms with Crippen LogP contribution in [0.5, 0.6) is 0 Å². The molecule has 1 aromatic heterocycles. The number of carbonyl (C=O) groups is 1. The zero-order valence-electron chi connectivity index (χ0n) is 16.1. The molecule has 0 radical (unpaired) electrons. The first-order valence-electron chi connectivity index (χ1n) is 9.77. The number of aromatic nitrogens is 2. The van der Waals surface area contributed by atoms with Crippen LogP contribution < -0.4 is 4.90 Å². The first-order chi connectivity index (χ1) is 14.2. The lowest BCUT2D eigenvalue weighted by atomic mass is 10.0. The Morgan fingerprint density at radius 3 is 2.34 bits per heavy atom. The van der Waals surface area contributed by atoms with Gasteiger partial charge in [0.15, 0.2) is 0 Å². The number of anilines is 1. The smallest absolute Gasteiger partial charge is 0.329 e. The highest BCUT2D eigenvalue weighted by Crippen LogP contribution is 2.31. The molecule has 1 N–H and O–H groups in total. The third-order valence-electron chi connectivity index (χ3n) is 5.00. The van der Waals surface area contributed by atoms with Gasteiger partial charge < -0.3 is 14.7 Å². The van der Waals surface area contributed by atoms with Crippen molar-refractivity contribution in [2.75, 3.05) is 24.6 Å². The van der Waals surface area contributed by atoms with Gasteiger partial charge in [0, 0.05) is 24.2 Å². The summed E-state index contributed by atoms with van der Waals surface area (Å²) in [4.78, 5) is 22.7. The molecule has 4 rings (SSSR count). The van der Waals surface area contributed by atoms with Gasteiger partial charge in [-0.15, -0.1) is 0 Å². The second-order valence-electron chi connectivity index (χ2n) is 7.07. The Balaban J connectivity index is 1.66. The van der Waals surface area contributed by atoms with Crippen molar-refractivity contribution in [3.05, 3.63) is 66.9 Å². The highest BCUT2D eigenvalue weighted by Gasteiger charge is 2.23. The number of piperidine rings is 1. The number of hydrogen-bond donors (Lipinski definition) is 1. The van der Waals surface area contributed by atoms with Gasteiger partial charge in [-0.1, -0.05) is 60.7 Å². The van der Waals surface area contributed by atoms with Crippen LogP contribution in [0.25, 0.3) is 22.5 Å². The second kappa shape index (κ2) is 8.84. The van der Waals surface area contributed by atoms with Crippen molar-refractivity contribution in [1.82, 2.24) is 9.97 Å². The summed E-state index contributed by atoms with van der Waals surface area (Å²) < 4.78 is 5.51. The van der Waals surface area contributed by atoms with E-state index in [1.54, 1.807) is 6.20 Å². The molecule has 0 aliphatic carbocycles. The van der Waals surface area contributed by atoms with Crippen molar-refractivity contribution in [3.63, 3.8) is 0 Å². The number of hydrogen-bond acceptors (Lipinski definition) is 5. The fourth-order valence-electron chi connectivity index (χ4n) is 3.61. The summed E-state index contributed by atoms with van der Waals surface area (Å²) in [6.45, 7) is 1.19. The molecule has 1 aliphatic heterocycles. The molecule has 1 saturated heterocycles. The number of carboxylic acid groups (broad SMARTS) is 1. The number of nitrogens with zero attached hydrogens (tertiary/aromatic N) is 3. The Hall–Kier alpha value is -3.25. The summed E-state index contributed by atoms with van der Waals surface area (Å²) in [6.07, 6.45) is 3.46. The summed E-state index contributed by atoms with van der Waals surface area (Å²) >= 11 is 0. The zero-order chi connectivity index (χ0) is 20.1. The van der Waals surface area contributed by atoms with Gasteiger partial charge >= 0.3 is 5.97 Å². The minimum atomic E-state index is -0.944. The molecule has 3 aromatic rings. The highest BCUT2D eigenvalue weighted by molar-refractivity contribution is 5.78. The molecule has 2 aromatic carbocycles. The van der Waals surface area contributed by atoms with Crippen molar-refractivity contribution in [2.45, 2.75) is 18.9 Å². The van der Waals surface area contributed by atoms with Crippen LogP contribution in [0.1, 0.15) is 12.8 Å². The molecule has 29 heavy (non-hydrogen) atoms. The summed E-state index contributed by atoms with van der Waals surface area (Å²) in [5.41, 5.74) is 3.71. The van der Waals surface area contributed by atoms with E-state index in [1.807, 2.05) is 60.7 Å². The molecule has 0 spiro atoms. The molecular formula is C23H23N3O3. The minimum Gasteiger partial charge on any atom is -0.480 e. The van der Waals surface area contributed by atoms with Crippen LogP contribution in [0.15, 0.2) is 66.9 Å². The van der Waals surface area contributed by atoms with E-state index in [1.165, 1.54) is 0 Å². The number of aliphatic carboxylic acids is 1. The molecule has 6 nitrogen and oxygen atoms in total. The molecule has 0 bridgehead atoms. The Morgan fingerprint density at radius 1 is 1.03 bits per heavy atom. The maximum Gasteiger partial charge on any atom is 0.329 e. The molecule has 6 heteroatoms. The molecular weight excluding hydrogens is 366 g/mol. The summed E-state index contributed by atoms with van der Waals surface area (Å²) in [6, 6.07) is 20.1. The normalized spacial score (nSPS) is 16.6. The highest BCUT2D eigenvalue weighted by atomic mass is 16.5. The summed E-state index contributed by atoms with van der Waals surface area (Å²) in [5.74, 6) is -0.160. The van der Waals surface area contributed by atoms with E-state index in [4.69, 9.17) is 19.8 Å². The van der Waals surface area contributed by atoms with Crippen LogP contribution in [0.2, 0.25) is 0 Å². The van der Waals surface area contributed by atoms with Crippen LogP contribution in [-0.2, 0) is 9.53 Å². The Kier molecular flexibility index (Phi) is 5.81. The molecule has 1 unspecified atom stereocenters. The summed E-state index contributed by atoms with van der Waals surface area (Å²) in [5, 5.41) is 8.87. The van der Waals surface area contributed by atoms with E-state index in [0.717, 1.165) is 47.7 Å². The molecule has 1 atom stereocenters. The first kappa shape index (κ1) is 19.1. The molecule has 0 amide bonds. The standard InChI is InChI=1S/C23H23N3O3/c27-21(28)16-29-19-12-7-13-26(15-19)20-14-24-22(17-8-3-1-4-9-17)23(25-20)18-10-5-2-6-11-18/h1-6,8-11,14,19H,7,12-13,15-16H2,(H,27,28). The van der Waals surface area contributed by atoms with Gasteiger partial charge in [-0.25, -0.2) is 9.78 Å². The third-order valence-corrected chi connectivity index (χ3v) is 5.00. The molecule has 2 heterocycles. The molecule has 1 fully saturated rings. The summed E-state index contributed by atoms with van der Waals surface area (Å²) in [7, 11) is 0. The maximum absolute atomic E-state index is 10.8. The van der Waals surface area contributed by atoms with Gasteiger partial charge in [0.1, 0.15) is 12.4 Å². The molecule has 1 aliphatic rings. The topological polar surface area (TPSA) is 75.6 Å². The third kappa shape index (κ3) is 4.60. The van der Waals surface area contributed by atoms with E-state index in [0.29, 0.717) is 6.54 Å². The van der Waals surface area contributed by atoms with Crippen molar-refractivity contribution in [1.29, 1.82) is 0 Å². The van der Waals surface area contributed by atoms with Gasteiger partial charge in [0.05, 0.1) is 23.7 Å². The van der Waals surface area contributed by atoms with Gasteiger partial charge in [-0.3, -0.25) is 4.98 Å². The van der Waals surface area contributed by atoms with Gasteiger partial charge in [-0.05, 0) is 12.8 Å². The Morgan fingerprint density at radius 2 is 1.69 bits per heavy atom. The lowest BCUT2D eigenvalue weighted by molar-refractivity contribution is -0.144. The van der Waals surface area contributed by atoms with Crippen LogP contribution in [0.3, 0.4) is 0 Å². The zero-order valence-corrected chi connectivity index (χ0v) is 16.1. The van der Waals surface area contributed by atoms with E-state index >= 15 is 0 Å². The molecule has 148 valence electrons. The van der Waals surface area contributed by atoms with E-state index in [2.05, 4.69) is 4.90 Å². The predicted molar refractivity (Wildman–Crippen MR) is 112 cm³/mol. The number of benzene rings is 2. The lowest BCUT2D eigenvalue weighted by Gasteiger charge is -2.33. The van der Waals surface area contributed by atoms with Crippen molar-refractivity contribution in [2.24, 2.45) is 0 Å². The van der Waals surface area contributed by atoms with Crippen molar-refractivity contribution in [3.8, 4) is 22.5 Å². The molecule has 0 saturated carbocycles. The van der Waals surface area contributed by atoms with E-state index in [-0.39, 0.29) is 12.7 Å². The van der Waals surface area contributed by atoms with Crippen LogP contribution >= 0.6 is 0 Å². The van der Waals surface area contributed by atoms with Gasteiger partial charge in [0.2, 0.25) is 0 Å². The number of ether oxygens (including phenoxy) is 1. The first-order valence-corrected chi connectivity index (χ1v) is 9.77. The predicted octanol–water partition coefficient (Wildman–Crippen LogP) is 3.88. The van der Waals surface area contributed by atoms with Gasteiger partial charge in [-0.2, -0.15) is 0 Å². The largest absolute Gasteiger partial charge is 0.480 e. The average Bonchev–Trinajstić information content (AvgIpc) is 2.79. The SMILES string of the molecule is O=C(O)COC1CCCN(c2cnc(-c3ccccc3)c(-c3ccccc3)n2)C1. The van der Waals surface area contributed by atoms with Crippen LogP contribution in [0, 0.1) is 0 Å². The van der Waals surface area contributed by atoms with E-state index < -0.39 is 5.97 Å². The quantitative estimate of drug-likeness (QED) is 0.690. The fraction of sp³-hybridized carbons (Fsp3) is 0.261. The van der Waals surface area contributed by atoms with Gasteiger partial charge in [0.25, 0.3) is 0 Å². The fourth-order valence-corrected chi connectivity index (χ4v) is 3.61. The Bertz CT molecular complexity index is 964. The van der Waals surface area contributed by atoms with Crippen LogP contribution in [0.4, 0.5) is 5.82 Å². The van der Waals surface area contributed by atoms with E-state index in [9.17, 15) is 4.79 Å². The second-order valence-corrected chi connectivity index (χ2v) is 7.07.